The number of aliphatic hydroxyl groups excluding tert-OH is 1. The second-order valence-electron chi connectivity index (χ2n) is 5.33. The summed E-state index contributed by atoms with van der Waals surface area (Å²) in [5.74, 6) is 1.63. The topological polar surface area (TPSA) is 61.3 Å². The van der Waals surface area contributed by atoms with Crippen molar-refractivity contribution in [3.63, 3.8) is 0 Å². The maximum Gasteiger partial charge on any atom is 0.133 e. The highest BCUT2D eigenvalue weighted by atomic mass is 16.3. The number of anilines is 2. The van der Waals surface area contributed by atoms with E-state index in [1.54, 1.807) is 0 Å². The summed E-state index contributed by atoms with van der Waals surface area (Å²) in [4.78, 5) is 10.4. The monoisotopic (exact) mass is 238 g/mol. The molecule has 0 spiro atoms. The molecule has 0 fully saturated rings. The third kappa shape index (κ3) is 4.99. The van der Waals surface area contributed by atoms with Gasteiger partial charge in [-0.15, -0.1) is 0 Å². The highest BCUT2D eigenvalue weighted by molar-refractivity contribution is 5.47. The maximum atomic E-state index is 8.74. The Labute approximate surface area is 103 Å². The zero-order valence-electron chi connectivity index (χ0n) is 11.1. The van der Waals surface area contributed by atoms with Crippen LogP contribution in [-0.4, -0.2) is 41.8 Å². The quantitative estimate of drug-likeness (QED) is 0.811. The Morgan fingerprint density at radius 3 is 2.65 bits per heavy atom. The molecule has 2 N–H and O–H groups in total. The molecule has 0 aliphatic carbocycles. The van der Waals surface area contributed by atoms with Crippen LogP contribution in [0.2, 0.25) is 0 Å². The fourth-order valence-electron chi connectivity index (χ4n) is 1.63. The molecule has 0 atom stereocenters. The van der Waals surface area contributed by atoms with Crippen LogP contribution < -0.4 is 10.2 Å². The first-order valence-corrected chi connectivity index (χ1v) is 5.80. The molecular weight excluding hydrogens is 216 g/mol. The van der Waals surface area contributed by atoms with Gasteiger partial charge in [-0.3, -0.25) is 0 Å². The zero-order chi connectivity index (χ0) is 12.9. The molecule has 0 aliphatic rings. The second-order valence-corrected chi connectivity index (χ2v) is 5.33. The number of hydrogen-bond acceptors (Lipinski definition) is 5. The van der Waals surface area contributed by atoms with Crippen molar-refractivity contribution >= 4 is 11.6 Å². The van der Waals surface area contributed by atoms with E-state index in [-0.39, 0.29) is 12.0 Å². The number of rotatable bonds is 5. The van der Waals surface area contributed by atoms with Gasteiger partial charge in [-0.25, -0.2) is 9.97 Å². The fraction of sp³-hybridized carbons (Fsp3) is 0.667. The van der Waals surface area contributed by atoms with Crippen molar-refractivity contribution in [2.45, 2.75) is 20.8 Å². The molecule has 0 aromatic carbocycles. The molecule has 5 heteroatoms. The van der Waals surface area contributed by atoms with Gasteiger partial charge in [0.2, 0.25) is 0 Å². The van der Waals surface area contributed by atoms with Crippen molar-refractivity contribution in [2.24, 2.45) is 5.41 Å². The van der Waals surface area contributed by atoms with E-state index in [1.165, 1.54) is 6.33 Å². The average molecular weight is 238 g/mol. The molecule has 5 nitrogen and oxygen atoms in total. The van der Waals surface area contributed by atoms with Crippen LogP contribution in [0.5, 0.6) is 0 Å². The summed E-state index contributed by atoms with van der Waals surface area (Å²) in [7, 11) is 2.02. The van der Waals surface area contributed by atoms with E-state index in [9.17, 15) is 0 Å². The lowest BCUT2D eigenvalue weighted by Crippen LogP contribution is -2.29. The van der Waals surface area contributed by atoms with Crippen molar-refractivity contribution in [1.82, 2.24) is 9.97 Å². The highest BCUT2D eigenvalue weighted by Gasteiger charge is 2.14. The van der Waals surface area contributed by atoms with Crippen molar-refractivity contribution in [2.75, 3.05) is 37.0 Å². The molecule has 0 saturated carbocycles. The van der Waals surface area contributed by atoms with Crippen molar-refractivity contribution in [3.05, 3.63) is 12.4 Å². The summed E-state index contributed by atoms with van der Waals surface area (Å²) in [6.45, 7) is 8.08. The molecule has 17 heavy (non-hydrogen) atoms. The molecule has 0 bridgehead atoms. The predicted molar refractivity (Wildman–Crippen MR) is 70.3 cm³/mol. The average Bonchev–Trinajstić information content (AvgIpc) is 2.24. The Morgan fingerprint density at radius 1 is 1.35 bits per heavy atom. The summed E-state index contributed by atoms with van der Waals surface area (Å²) in [6.07, 6.45) is 1.54. The summed E-state index contributed by atoms with van der Waals surface area (Å²) in [6, 6.07) is 1.89. The summed E-state index contributed by atoms with van der Waals surface area (Å²) < 4.78 is 0. The molecule has 0 radical (unpaired) electrons. The fourth-order valence-corrected chi connectivity index (χ4v) is 1.63. The van der Waals surface area contributed by atoms with Crippen LogP contribution in [0, 0.1) is 5.41 Å². The highest BCUT2D eigenvalue weighted by Crippen LogP contribution is 2.19. The first-order valence-electron chi connectivity index (χ1n) is 5.80. The van der Waals surface area contributed by atoms with Gasteiger partial charge in [0, 0.05) is 26.2 Å². The molecule has 96 valence electrons. The minimum atomic E-state index is 0.0944. The van der Waals surface area contributed by atoms with E-state index < -0.39 is 0 Å². The number of nitrogens with zero attached hydrogens (tertiary/aromatic N) is 3. The Balaban J connectivity index is 2.70. The second kappa shape index (κ2) is 5.82. The molecule has 0 amide bonds. The third-order valence-electron chi connectivity index (χ3n) is 2.17. The lowest BCUT2D eigenvalue weighted by Gasteiger charge is -2.27. The van der Waals surface area contributed by atoms with E-state index >= 15 is 0 Å². The van der Waals surface area contributed by atoms with Crippen molar-refractivity contribution < 1.29 is 5.11 Å². The van der Waals surface area contributed by atoms with Crippen molar-refractivity contribution in [1.29, 1.82) is 0 Å². The van der Waals surface area contributed by atoms with Crippen LogP contribution in [0.25, 0.3) is 0 Å². The Hall–Kier alpha value is -1.36. The van der Waals surface area contributed by atoms with Gasteiger partial charge in [0.15, 0.2) is 0 Å². The zero-order valence-corrected chi connectivity index (χ0v) is 11.1. The SMILES string of the molecule is CN(CC(C)(C)C)c1cc(NCCO)ncn1. The molecule has 1 heterocycles. The van der Waals surface area contributed by atoms with Gasteiger partial charge >= 0.3 is 0 Å². The predicted octanol–water partition coefficient (Wildman–Crippen LogP) is 1.36. The van der Waals surface area contributed by atoms with Gasteiger partial charge in [-0.05, 0) is 5.41 Å². The maximum absolute atomic E-state index is 8.74. The molecule has 0 saturated heterocycles. The van der Waals surface area contributed by atoms with Crippen LogP contribution in [0.1, 0.15) is 20.8 Å². The Bertz CT molecular complexity index is 349. The summed E-state index contributed by atoms with van der Waals surface area (Å²) in [5, 5.41) is 11.8. The van der Waals surface area contributed by atoms with Crippen LogP contribution in [0.15, 0.2) is 12.4 Å². The van der Waals surface area contributed by atoms with Crippen LogP contribution in [-0.2, 0) is 0 Å². The van der Waals surface area contributed by atoms with E-state index in [0.29, 0.717) is 6.54 Å². The van der Waals surface area contributed by atoms with Gasteiger partial charge in [0.05, 0.1) is 6.61 Å². The van der Waals surface area contributed by atoms with Gasteiger partial charge < -0.3 is 15.3 Å². The smallest absolute Gasteiger partial charge is 0.133 e. The number of hydrogen-bond donors (Lipinski definition) is 2. The molecule has 1 rings (SSSR count). The van der Waals surface area contributed by atoms with Gasteiger partial charge in [0.25, 0.3) is 0 Å². The van der Waals surface area contributed by atoms with Crippen molar-refractivity contribution in [3.8, 4) is 0 Å². The molecule has 1 aromatic heterocycles. The minimum absolute atomic E-state index is 0.0944. The largest absolute Gasteiger partial charge is 0.395 e. The van der Waals surface area contributed by atoms with Crippen LogP contribution in [0.4, 0.5) is 11.6 Å². The Morgan fingerprint density at radius 2 is 2.06 bits per heavy atom. The lowest BCUT2D eigenvalue weighted by molar-refractivity contribution is 0.311. The number of aliphatic hydroxyl groups is 1. The molecular formula is C12H22N4O. The first-order chi connectivity index (χ1) is 7.92. The number of nitrogens with one attached hydrogen (secondary N) is 1. The van der Waals surface area contributed by atoms with E-state index in [4.69, 9.17) is 5.11 Å². The molecule has 0 unspecified atom stereocenters. The van der Waals surface area contributed by atoms with Crippen LogP contribution >= 0.6 is 0 Å². The van der Waals surface area contributed by atoms with E-state index in [2.05, 4.69) is 41.0 Å². The molecule has 0 aliphatic heterocycles. The van der Waals surface area contributed by atoms with E-state index in [0.717, 1.165) is 18.2 Å². The lowest BCUT2D eigenvalue weighted by atomic mass is 9.96. The van der Waals surface area contributed by atoms with Crippen LogP contribution in [0.3, 0.4) is 0 Å². The van der Waals surface area contributed by atoms with Gasteiger partial charge in [-0.2, -0.15) is 0 Å². The Kier molecular flexibility index (Phi) is 4.69. The summed E-state index contributed by atoms with van der Waals surface area (Å²) >= 11 is 0. The first kappa shape index (κ1) is 13.7. The minimum Gasteiger partial charge on any atom is -0.395 e. The molecule has 1 aromatic rings. The van der Waals surface area contributed by atoms with Gasteiger partial charge in [0.1, 0.15) is 18.0 Å². The standard InChI is InChI=1S/C12H22N4O/c1-12(2,3)8-16(4)11-7-10(13-5-6-17)14-9-15-11/h7,9,17H,5-6,8H2,1-4H3,(H,13,14,15). The number of aromatic nitrogens is 2. The third-order valence-corrected chi connectivity index (χ3v) is 2.17. The normalized spacial score (nSPS) is 11.4. The van der Waals surface area contributed by atoms with Gasteiger partial charge in [-0.1, -0.05) is 20.8 Å². The summed E-state index contributed by atoms with van der Waals surface area (Å²) in [5.41, 5.74) is 0.221. The van der Waals surface area contributed by atoms with E-state index in [1.807, 2.05) is 13.1 Å².